The Hall–Kier alpha value is -2.06. The van der Waals surface area contributed by atoms with E-state index in [1.165, 1.54) is 0 Å². The van der Waals surface area contributed by atoms with E-state index in [-0.39, 0.29) is 18.2 Å². The van der Waals surface area contributed by atoms with E-state index in [4.69, 9.17) is 9.26 Å². The predicted molar refractivity (Wildman–Crippen MR) is 95.0 cm³/mol. The average Bonchev–Trinajstić information content (AvgIpc) is 2.54. The SMILES string of the molecule is CC(C)OC(=O)C(C)CP1(=O)Oc2ccccc2-c2ccccc21. The second-order valence-electron chi connectivity index (χ2n) is 6.35. The van der Waals surface area contributed by atoms with Crippen LogP contribution in [0.25, 0.3) is 11.1 Å². The number of esters is 1. The Bertz CT molecular complexity index is 813. The number of fused-ring (bicyclic) bond motifs is 3. The summed E-state index contributed by atoms with van der Waals surface area (Å²) < 4.78 is 24.7. The average molecular weight is 344 g/mol. The fourth-order valence-electron chi connectivity index (χ4n) is 2.89. The maximum atomic E-state index is 13.6. The lowest BCUT2D eigenvalue weighted by atomic mass is 10.0. The van der Waals surface area contributed by atoms with Crippen LogP contribution >= 0.6 is 7.37 Å². The zero-order chi connectivity index (χ0) is 17.3. The normalized spacial score (nSPS) is 19.8. The standard InChI is InChI=1S/C19H21O4P/c1-13(2)22-19(20)14(3)12-24(21)18-11-7-5-9-16(18)15-8-4-6-10-17(15)23-24/h4-11,13-14H,12H2,1-3H3. The van der Waals surface area contributed by atoms with Crippen LogP contribution in [0.4, 0.5) is 0 Å². The number of para-hydroxylation sites is 1. The maximum Gasteiger partial charge on any atom is 0.309 e. The molecule has 2 atom stereocenters. The number of ether oxygens (including phenoxy) is 1. The van der Waals surface area contributed by atoms with Gasteiger partial charge in [0.1, 0.15) is 5.75 Å². The lowest BCUT2D eigenvalue weighted by Gasteiger charge is -2.30. The molecule has 3 rings (SSSR count). The zero-order valence-corrected chi connectivity index (χ0v) is 15.0. The van der Waals surface area contributed by atoms with Crippen LogP contribution < -0.4 is 9.83 Å². The molecule has 0 saturated carbocycles. The van der Waals surface area contributed by atoms with Gasteiger partial charge in [-0.1, -0.05) is 43.3 Å². The van der Waals surface area contributed by atoms with Crippen molar-refractivity contribution in [3.8, 4) is 16.9 Å². The molecule has 5 heteroatoms. The molecular formula is C19H21O4P. The molecule has 0 spiro atoms. The van der Waals surface area contributed by atoms with Gasteiger partial charge in [0.05, 0.1) is 23.5 Å². The summed E-state index contributed by atoms with van der Waals surface area (Å²) in [6.07, 6.45) is -0.0645. The quantitative estimate of drug-likeness (QED) is 0.615. The summed E-state index contributed by atoms with van der Waals surface area (Å²) in [6.45, 7) is 5.33. The molecule has 0 aliphatic carbocycles. The Morgan fingerprint density at radius 2 is 1.67 bits per heavy atom. The molecule has 0 fully saturated rings. The summed E-state index contributed by atoms with van der Waals surface area (Å²) in [5.41, 5.74) is 1.84. The largest absolute Gasteiger partial charge is 0.463 e. The van der Waals surface area contributed by atoms with Gasteiger partial charge < -0.3 is 9.26 Å². The lowest BCUT2D eigenvalue weighted by Crippen LogP contribution is -2.27. The van der Waals surface area contributed by atoms with Crippen LogP contribution in [-0.2, 0) is 14.1 Å². The minimum absolute atomic E-state index is 0.129. The van der Waals surface area contributed by atoms with Crippen molar-refractivity contribution in [3.63, 3.8) is 0 Å². The number of carbonyl (C=O) groups excluding carboxylic acids is 1. The molecule has 2 aromatic carbocycles. The van der Waals surface area contributed by atoms with Gasteiger partial charge in [0.2, 0.25) is 0 Å². The molecule has 0 bridgehead atoms. The first-order valence-corrected chi connectivity index (χ1v) is 9.90. The van der Waals surface area contributed by atoms with Gasteiger partial charge >= 0.3 is 5.97 Å². The maximum absolute atomic E-state index is 13.6. The van der Waals surface area contributed by atoms with E-state index in [1.54, 1.807) is 20.8 Å². The Balaban J connectivity index is 1.97. The van der Waals surface area contributed by atoms with Crippen LogP contribution in [0.5, 0.6) is 5.75 Å². The van der Waals surface area contributed by atoms with Crippen LogP contribution in [0.2, 0.25) is 0 Å². The summed E-state index contributed by atoms with van der Waals surface area (Å²) in [5.74, 6) is -0.249. The fraction of sp³-hybridized carbons (Fsp3) is 0.316. The van der Waals surface area contributed by atoms with E-state index < -0.39 is 13.3 Å². The van der Waals surface area contributed by atoms with E-state index in [9.17, 15) is 9.36 Å². The van der Waals surface area contributed by atoms with E-state index in [1.807, 2.05) is 48.5 Å². The molecule has 0 N–H and O–H groups in total. The molecule has 2 aromatic rings. The number of benzene rings is 2. The summed E-state index contributed by atoms with van der Waals surface area (Å²) >= 11 is 0. The van der Waals surface area contributed by atoms with Gasteiger partial charge in [0.15, 0.2) is 0 Å². The molecule has 4 nitrogen and oxygen atoms in total. The first kappa shape index (κ1) is 16.8. The summed E-state index contributed by atoms with van der Waals surface area (Å²) in [4.78, 5) is 12.1. The van der Waals surface area contributed by atoms with E-state index >= 15 is 0 Å². The highest BCUT2D eigenvalue weighted by atomic mass is 31.2. The van der Waals surface area contributed by atoms with E-state index in [0.29, 0.717) is 11.1 Å². The molecule has 0 amide bonds. The Morgan fingerprint density at radius 1 is 1.04 bits per heavy atom. The predicted octanol–water partition coefficient (Wildman–Crippen LogP) is 4.24. The van der Waals surface area contributed by atoms with Gasteiger partial charge in [-0.25, -0.2) is 0 Å². The molecule has 2 unspecified atom stereocenters. The zero-order valence-electron chi connectivity index (χ0n) is 14.1. The van der Waals surface area contributed by atoms with E-state index in [0.717, 1.165) is 11.1 Å². The number of hydrogen-bond donors (Lipinski definition) is 0. The van der Waals surface area contributed by atoms with Gasteiger partial charge in [-0.15, -0.1) is 0 Å². The highest BCUT2D eigenvalue weighted by Crippen LogP contribution is 2.55. The third kappa shape index (κ3) is 3.11. The van der Waals surface area contributed by atoms with Crippen molar-refractivity contribution in [3.05, 3.63) is 48.5 Å². The van der Waals surface area contributed by atoms with Gasteiger partial charge in [-0.3, -0.25) is 9.36 Å². The number of carbonyl (C=O) groups is 1. The Kier molecular flexibility index (Phi) is 4.51. The van der Waals surface area contributed by atoms with Crippen molar-refractivity contribution in [2.75, 3.05) is 6.16 Å². The van der Waals surface area contributed by atoms with Crippen molar-refractivity contribution >= 4 is 18.6 Å². The van der Waals surface area contributed by atoms with Crippen LogP contribution in [0.3, 0.4) is 0 Å². The van der Waals surface area contributed by atoms with Crippen molar-refractivity contribution in [1.29, 1.82) is 0 Å². The first-order chi connectivity index (χ1) is 11.4. The molecule has 0 aromatic heterocycles. The van der Waals surface area contributed by atoms with Crippen molar-refractivity contribution < 1.29 is 18.6 Å². The van der Waals surface area contributed by atoms with E-state index in [2.05, 4.69) is 0 Å². The minimum atomic E-state index is -3.19. The molecule has 126 valence electrons. The van der Waals surface area contributed by atoms with Gasteiger partial charge in [0, 0.05) is 5.56 Å². The van der Waals surface area contributed by atoms with Crippen LogP contribution in [0, 0.1) is 5.92 Å². The Labute approximate surface area is 142 Å². The van der Waals surface area contributed by atoms with Crippen molar-refractivity contribution in [2.24, 2.45) is 5.92 Å². The highest BCUT2D eigenvalue weighted by Gasteiger charge is 2.38. The first-order valence-electron chi connectivity index (χ1n) is 8.09. The summed E-state index contributed by atoms with van der Waals surface area (Å²) in [6, 6.07) is 15.1. The second-order valence-corrected chi connectivity index (χ2v) is 8.72. The summed E-state index contributed by atoms with van der Waals surface area (Å²) in [5, 5.41) is 0.674. The highest BCUT2D eigenvalue weighted by molar-refractivity contribution is 7.67. The molecule has 1 aliphatic rings. The lowest BCUT2D eigenvalue weighted by molar-refractivity contribution is -0.151. The third-order valence-electron chi connectivity index (χ3n) is 3.96. The van der Waals surface area contributed by atoms with Gasteiger partial charge in [0.25, 0.3) is 7.37 Å². The molecule has 1 aliphatic heterocycles. The molecule has 0 saturated heterocycles. The number of rotatable bonds is 4. The van der Waals surface area contributed by atoms with Crippen molar-refractivity contribution in [1.82, 2.24) is 0 Å². The minimum Gasteiger partial charge on any atom is -0.463 e. The monoisotopic (exact) mass is 344 g/mol. The molecule has 0 radical (unpaired) electrons. The third-order valence-corrected chi connectivity index (χ3v) is 6.61. The second kappa shape index (κ2) is 6.45. The smallest absolute Gasteiger partial charge is 0.309 e. The van der Waals surface area contributed by atoms with Crippen LogP contribution in [0.15, 0.2) is 48.5 Å². The van der Waals surface area contributed by atoms with Crippen LogP contribution in [-0.4, -0.2) is 18.2 Å². The number of hydrogen-bond acceptors (Lipinski definition) is 4. The Morgan fingerprint density at radius 3 is 2.38 bits per heavy atom. The molecular weight excluding hydrogens is 323 g/mol. The van der Waals surface area contributed by atoms with Gasteiger partial charge in [-0.2, -0.15) is 0 Å². The fourth-order valence-corrected chi connectivity index (χ4v) is 5.49. The molecule has 24 heavy (non-hydrogen) atoms. The van der Waals surface area contributed by atoms with Crippen molar-refractivity contribution in [2.45, 2.75) is 26.9 Å². The summed E-state index contributed by atoms with van der Waals surface area (Å²) in [7, 11) is -3.19. The van der Waals surface area contributed by atoms with Gasteiger partial charge in [-0.05, 0) is 31.5 Å². The topological polar surface area (TPSA) is 52.6 Å². The van der Waals surface area contributed by atoms with Crippen LogP contribution in [0.1, 0.15) is 20.8 Å². The molecule has 1 heterocycles.